The van der Waals surface area contributed by atoms with Gasteiger partial charge in [0, 0.05) is 40.3 Å². The van der Waals surface area contributed by atoms with Gasteiger partial charge in [-0.2, -0.15) is 13.2 Å². The number of halogens is 5. The second kappa shape index (κ2) is 16.2. The van der Waals surface area contributed by atoms with E-state index in [1.165, 1.54) is 7.05 Å². The molecule has 0 unspecified atom stereocenters. The lowest BCUT2D eigenvalue weighted by molar-refractivity contribution is -0.163. The Morgan fingerprint density at radius 1 is 0.852 bits per heavy atom. The number of rotatable bonds is 11. The molecule has 1 saturated heterocycles. The number of hydrogen-bond donors (Lipinski definition) is 1. The summed E-state index contributed by atoms with van der Waals surface area (Å²) < 4.78 is 40.7. The van der Waals surface area contributed by atoms with Gasteiger partial charge >= 0.3 is 6.18 Å². The summed E-state index contributed by atoms with van der Waals surface area (Å²) in [4.78, 5) is 46.0. The second-order valence-corrected chi connectivity index (χ2v) is 15.2. The highest BCUT2D eigenvalue weighted by Gasteiger charge is 2.46. The third-order valence-corrected chi connectivity index (χ3v) is 11.8. The van der Waals surface area contributed by atoms with Gasteiger partial charge in [-0.25, -0.2) is 0 Å². The van der Waals surface area contributed by atoms with E-state index in [1.54, 1.807) is 30.1 Å². The lowest BCUT2D eigenvalue weighted by atomic mass is 9.75. The molecule has 1 N–H and O–H groups in total. The van der Waals surface area contributed by atoms with Crippen molar-refractivity contribution in [1.82, 2.24) is 20.0 Å². The molecule has 12 heteroatoms. The molecule has 2 heterocycles. The number of alkyl halides is 3. The van der Waals surface area contributed by atoms with Crippen LogP contribution in [0.2, 0.25) is 10.0 Å². The monoisotopic (exact) mass is 778 g/mol. The Labute approximate surface area is 324 Å². The van der Waals surface area contributed by atoms with Crippen molar-refractivity contribution >= 4 is 40.9 Å². The van der Waals surface area contributed by atoms with E-state index in [0.29, 0.717) is 44.5 Å². The van der Waals surface area contributed by atoms with Gasteiger partial charge in [0.05, 0.1) is 33.5 Å². The number of nitrogens with one attached hydrogen (secondary N) is 1. The quantitative estimate of drug-likeness (QED) is 0.168. The van der Waals surface area contributed by atoms with E-state index in [-0.39, 0.29) is 34.8 Å². The molecule has 1 spiro atoms. The molecule has 0 saturated carbocycles. The van der Waals surface area contributed by atoms with Crippen LogP contribution in [0.1, 0.15) is 59.4 Å². The fraction of sp³-hybridized carbons (Fsp3) is 0.357. The van der Waals surface area contributed by atoms with E-state index < -0.39 is 35.5 Å². The molecule has 284 valence electrons. The van der Waals surface area contributed by atoms with Crippen LogP contribution >= 0.6 is 23.2 Å². The van der Waals surface area contributed by atoms with Gasteiger partial charge in [0.25, 0.3) is 0 Å². The number of hydrogen-bond acceptors (Lipinski definition) is 4. The average Bonchev–Trinajstić information content (AvgIpc) is 3.15. The zero-order chi connectivity index (χ0) is 38.7. The molecule has 4 aromatic rings. The lowest BCUT2D eigenvalue weighted by Crippen LogP contribution is -2.58. The SMILES string of the molecule is CN(C[C@](CCN1CCC2(CC1)NC(=O)Cc1ccccc12)(c1ccc(Cl)c(Cl)c1)N(C)C(=O)C(c1ccccc1)c1ccccc1)C(=O)CC(F)(F)F. The van der Waals surface area contributed by atoms with E-state index in [2.05, 4.69) is 16.3 Å². The maximum Gasteiger partial charge on any atom is 0.397 e. The van der Waals surface area contributed by atoms with Gasteiger partial charge in [0.2, 0.25) is 17.7 Å². The number of likely N-dealkylation sites (tertiary alicyclic amines) is 1. The van der Waals surface area contributed by atoms with Crippen molar-refractivity contribution in [3.63, 3.8) is 0 Å². The Hall–Kier alpha value is -4.38. The summed E-state index contributed by atoms with van der Waals surface area (Å²) in [7, 11) is 2.98. The lowest BCUT2D eigenvalue weighted by Gasteiger charge is -2.48. The van der Waals surface area contributed by atoms with Crippen LogP contribution in [0.15, 0.2) is 103 Å². The molecule has 2 aliphatic rings. The molecule has 0 bridgehead atoms. The van der Waals surface area contributed by atoms with Gasteiger partial charge in [0.15, 0.2) is 0 Å². The number of likely N-dealkylation sites (N-methyl/N-ethyl adjacent to an activating group) is 2. The summed E-state index contributed by atoms with van der Waals surface area (Å²) in [5.74, 6) is -2.21. The maximum atomic E-state index is 15.1. The first-order valence-corrected chi connectivity index (χ1v) is 18.7. The van der Waals surface area contributed by atoms with Crippen LogP contribution in [0.5, 0.6) is 0 Å². The second-order valence-electron chi connectivity index (χ2n) is 14.4. The minimum atomic E-state index is -4.72. The third kappa shape index (κ3) is 8.46. The Morgan fingerprint density at radius 2 is 1.44 bits per heavy atom. The first kappa shape index (κ1) is 39.3. The van der Waals surface area contributed by atoms with Crippen molar-refractivity contribution < 1.29 is 27.6 Å². The first-order valence-electron chi connectivity index (χ1n) is 18.0. The molecule has 0 aliphatic carbocycles. The Balaban J connectivity index is 1.39. The van der Waals surface area contributed by atoms with E-state index in [0.717, 1.165) is 27.2 Å². The number of carbonyl (C=O) groups excluding carboxylic acids is 3. The predicted molar refractivity (Wildman–Crippen MR) is 204 cm³/mol. The number of carbonyl (C=O) groups is 3. The molecular weight excluding hydrogens is 736 g/mol. The van der Waals surface area contributed by atoms with Gasteiger partial charge in [-0.05, 0) is 59.2 Å². The molecule has 54 heavy (non-hydrogen) atoms. The summed E-state index contributed by atoms with van der Waals surface area (Å²) in [6, 6.07) is 31.6. The molecule has 6 rings (SSSR count). The summed E-state index contributed by atoms with van der Waals surface area (Å²) >= 11 is 13.0. The minimum Gasteiger partial charge on any atom is -0.346 e. The van der Waals surface area contributed by atoms with Crippen LogP contribution in [0, 0.1) is 0 Å². The van der Waals surface area contributed by atoms with Gasteiger partial charge in [-0.1, -0.05) is 114 Å². The summed E-state index contributed by atoms with van der Waals surface area (Å²) in [6.07, 6.45) is -4.49. The standard InChI is InChI=1S/C42H43Cl2F3N4O3/c1-49(37(53)27-42(45,46)47)28-41(32-17-18-34(43)35(44)26-32,50(2)39(54)38(29-11-5-3-6-12-29)30-13-7-4-8-14-30)21-24-51-22-19-40(20-23-51)33-16-10-9-15-31(33)25-36(52)48-40/h3-18,26,38H,19-25,27-28H2,1-2H3,(H,48,52)/t41-/m1/s1. The molecule has 7 nitrogen and oxygen atoms in total. The molecule has 0 radical (unpaired) electrons. The Kier molecular flexibility index (Phi) is 11.8. The van der Waals surface area contributed by atoms with E-state index >= 15 is 4.79 Å². The summed E-state index contributed by atoms with van der Waals surface area (Å²) in [6.45, 7) is 1.40. The molecule has 3 amide bonds. The van der Waals surface area contributed by atoms with Crippen LogP contribution in [0.4, 0.5) is 13.2 Å². The van der Waals surface area contributed by atoms with Crippen molar-refractivity contribution in [2.45, 2.75) is 55.3 Å². The number of fused-ring (bicyclic) bond motifs is 2. The topological polar surface area (TPSA) is 73.0 Å². The maximum absolute atomic E-state index is 15.1. The van der Waals surface area contributed by atoms with Crippen LogP contribution in [0.25, 0.3) is 0 Å². The molecule has 0 aromatic heterocycles. The summed E-state index contributed by atoms with van der Waals surface area (Å²) in [5.41, 5.74) is 2.29. The highest BCUT2D eigenvalue weighted by atomic mass is 35.5. The predicted octanol–water partition coefficient (Wildman–Crippen LogP) is 7.94. The van der Waals surface area contributed by atoms with Gasteiger partial charge < -0.3 is 20.0 Å². The average molecular weight is 780 g/mol. The third-order valence-electron chi connectivity index (χ3n) is 11.0. The fourth-order valence-corrected chi connectivity index (χ4v) is 8.41. The molecule has 1 atom stereocenters. The first-order chi connectivity index (χ1) is 25.7. The minimum absolute atomic E-state index is 0.0149. The Morgan fingerprint density at radius 3 is 2.04 bits per heavy atom. The smallest absolute Gasteiger partial charge is 0.346 e. The Bertz CT molecular complexity index is 1930. The van der Waals surface area contributed by atoms with E-state index in [1.807, 2.05) is 78.9 Å². The summed E-state index contributed by atoms with van der Waals surface area (Å²) in [5, 5.41) is 3.75. The van der Waals surface area contributed by atoms with Crippen LogP contribution in [-0.2, 0) is 31.9 Å². The van der Waals surface area contributed by atoms with Gasteiger partial charge in [0.1, 0.15) is 6.42 Å². The van der Waals surface area contributed by atoms with Crippen molar-refractivity contribution in [2.75, 3.05) is 40.3 Å². The van der Waals surface area contributed by atoms with Crippen molar-refractivity contribution in [3.8, 4) is 0 Å². The van der Waals surface area contributed by atoms with Gasteiger partial charge in [-0.15, -0.1) is 0 Å². The van der Waals surface area contributed by atoms with Crippen molar-refractivity contribution in [2.24, 2.45) is 0 Å². The normalized spacial score (nSPS) is 16.7. The molecular formula is C42H43Cl2F3N4O3. The zero-order valence-corrected chi connectivity index (χ0v) is 31.7. The van der Waals surface area contributed by atoms with Crippen LogP contribution in [0.3, 0.4) is 0 Å². The molecule has 4 aromatic carbocycles. The van der Waals surface area contributed by atoms with E-state index in [4.69, 9.17) is 23.2 Å². The van der Waals surface area contributed by atoms with Crippen LogP contribution in [-0.4, -0.2) is 78.9 Å². The van der Waals surface area contributed by atoms with Gasteiger partial charge in [-0.3, -0.25) is 14.4 Å². The number of benzene rings is 4. The van der Waals surface area contributed by atoms with E-state index in [9.17, 15) is 22.8 Å². The van der Waals surface area contributed by atoms with Crippen molar-refractivity contribution in [1.29, 1.82) is 0 Å². The highest BCUT2D eigenvalue weighted by molar-refractivity contribution is 6.42. The highest BCUT2D eigenvalue weighted by Crippen LogP contribution is 2.42. The zero-order valence-electron chi connectivity index (χ0n) is 30.2. The number of piperidine rings is 1. The van der Waals surface area contributed by atoms with Crippen molar-refractivity contribution in [3.05, 3.63) is 141 Å². The fourth-order valence-electron chi connectivity index (χ4n) is 8.12. The largest absolute Gasteiger partial charge is 0.397 e. The number of nitrogens with zero attached hydrogens (tertiary/aromatic N) is 3. The molecule has 1 fully saturated rings. The molecule has 2 aliphatic heterocycles. The van der Waals surface area contributed by atoms with Crippen LogP contribution < -0.4 is 5.32 Å². The number of amides is 3.